The van der Waals surface area contributed by atoms with Gasteiger partial charge in [-0.05, 0) is 31.5 Å². The number of hydrogen-bond donors (Lipinski definition) is 1. The van der Waals surface area contributed by atoms with E-state index in [0.717, 1.165) is 15.4 Å². The molecule has 1 N–H and O–H groups in total. The van der Waals surface area contributed by atoms with Crippen molar-refractivity contribution in [3.8, 4) is 0 Å². The monoisotopic (exact) mass is 298 g/mol. The second-order valence-electron chi connectivity index (χ2n) is 4.01. The van der Waals surface area contributed by atoms with Crippen molar-refractivity contribution in [2.24, 2.45) is 4.99 Å². The fourth-order valence-electron chi connectivity index (χ4n) is 1.57. The molecule has 1 aliphatic rings. The van der Waals surface area contributed by atoms with Gasteiger partial charge in [-0.25, -0.2) is 0 Å². The third-order valence-corrected chi connectivity index (χ3v) is 4.18. The number of nitrogens with zero attached hydrogens (tertiary/aromatic N) is 1. The average Bonchev–Trinajstić information content (AvgIpc) is 2.65. The Hall–Kier alpha value is -0.480. The number of thioether (sulfide) groups is 1. The first-order valence-electron chi connectivity index (χ1n) is 5.38. The van der Waals surface area contributed by atoms with Crippen molar-refractivity contribution in [1.82, 2.24) is 5.32 Å². The molecule has 16 heavy (non-hydrogen) atoms. The zero-order valence-electron chi connectivity index (χ0n) is 9.40. The molecule has 1 aliphatic heterocycles. The van der Waals surface area contributed by atoms with Gasteiger partial charge in [0.15, 0.2) is 5.17 Å². The molecule has 2 unspecified atom stereocenters. The maximum absolute atomic E-state index is 4.53. The van der Waals surface area contributed by atoms with E-state index in [1.807, 2.05) is 0 Å². The van der Waals surface area contributed by atoms with Crippen molar-refractivity contribution in [1.29, 1.82) is 0 Å². The Morgan fingerprint density at radius 3 is 2.69 bits per heavy atom. The lowest BCUT2D eigenvalue weighted by molar-refractivity contribution is 0.718. The van der Waals surface area contributed by atoms with Crippen LogP contribution in [0.5, 0.6) is 0 Å². The summed E-state index contributed by atoms with van der Waals surface area (Å²) < 4.78 is 1.12. The molecule has 0 fully saturated rings. The Morgan fingerprint density at radius 2 is 2.12 bits per heavy atom. The van der Waals surface area contributed by atoms with Crippen molar-refractivity contribution < 1.29 is 0 Å². The first-order chi connectivity index (χ1) is 7.65. The van der Waals surface area contributed by atoms with Crippen LogP contribution >= 0.6 is 27.7 Å². The Morgan fingerprint density at radius 1 is 1.44 bits per heavy atom. The Kier molecular flexibility index (Phi) is 3.92. The van der Waals surface area contributed by atoms with Crippen LogP contribution in [-0.4, -0.2) is 17.0 Å². The van der Waals surface area contributed by atoms with E-state index in [2.05, 4.69) is 64.4 Å². The van der Waals surface area contributed by atoms with Gasteiger partial charge < -0.3 is 5.32 Å². The number of rotatable bonds is 2. The summed E-state index contributed by atoms with van der Waals surface area (Å²) in [5.41, 5.74) is 1.28. The molecule has 0 spiro atoms. The van der Waals surface area contributed by atoms with Crippen molar-refractivity contribution in [3.63, 3.8) is 0 Å². The molecule has 2 rings (SSSR count). The van der Waals surface area contributed by atoms with Crippen LogP contribution in [0.3, 0.4) is 0 Å². The maximum atomic E-state index is 4.53. The summed E-state index contributed by atoms with van der Waals surface area (Å²) in [6, 6.07) is 9.16. The first kappa shape index (κ1) is 12.0. The summed E-state index contributed by atoms with van der Waals surface area (Å²) >= 11 is 5.25. The second-order valence-corrected chi connectivity index (χ2v) is 5.94. The second kappa shape index (κ2) is 5.23. The van der Waals surface area contributed by atoms with Gasteiger partial charge in [-0.1, -0.05) is 39.8 Å². The Balaban J connectivity index is 2.00. The lowest BCUT2D eigenvalue weighted by Gasteiger charge is -2.14. The third kappa shape index (κ3) is 3.01. The van der Waals surface area contributed by atoms with Crippen molar-refractivity contribution in [2.45, 2.75) is 25.9 Å². The van der Waals surface area contributed by atoms with E-state index in [4.69, 9.17) is 0 Å². The van der Waals surface area contributed by atoms with Gasteiger partial charge in [0.1, 0.15) is 0 Å². The molecule has 0 saturated carbocycles. The molecule has 0 amide bonds. The summed E-state index contributed by atoms with van der Waals surface area (Å²) in [7, 11) is 0. The quantitative estimate of drug-likeness (QED) is 0.902. The minimum atomic E-state index is 0.310. The van der Waals surface area contributed by atoms with E-state index >= 15 is 0 Å². The summed E-state index contributed by atoms with van der Waals surface area (Å²) in [5.74, 6) is 1.09. The topological polar surface area (TPSA) is 24.4 Å². The van der Waals surface area contributed by atoms with Crippen molar-refractivity contribution >= 4 is 32.9 Å². The molecule has 4 heteroatoms. The molecule has 1 aromatic carbocycles. The SMILES string of the molecule is CC1CSC(NC(C)c2ccc(Br)cc2)=N1. The highest BCUT2D eigenvalue weighted by Crippen LogP contribution is 2.21. The van der Waals surface area contributed by atoms with Crippen molar-refractivity contribution in [3.05, 3.63) is 34.3 Å². The highest BCUT2D eigenvalue weighted by atomic mass is 79.9. The largest absolute Gasteiger partial charge is 0.358 e. The van der Waals surface area contributed by atoms with Gasteiger partial charge in [-0.3, -0.25) is 4.99 Å². The van der Waals surface area contributed by atoms with Gasteiger partial charge in [0, 0.05) is 10.2 Å². The summed E-state index contributed by atoms with van der Waals surface area (Å²) in [5, 5.41) is 4.51. The van der Waals surface area contributed by atoms with Crippen LogP contribution in [0.25, 0.3) is 0 Å². The number of aliphatic imine (C=N–C) groups is 1. The smallest absolute Gasteiger partial charge is 0.157 e. The van der Waals surface area contributed by atoms with E-state index in [-0.39, 0.29) is 0 Å². The number of halogens is 1. The number of hydrogen-bond acceptors (Lipinski definition) is 3. The predicted molar refractivity (Wildman–Crippen MR) is 75.0 cm³/mol. The van der Waals surface area contributed by atoms with Crippen LogP contribution in [0.2, 0.25) is 0 Å². The number of nitrogens with one attached hydrogen (secondary N) is 1. The Bertz CT molecular complexity index is 389. The molecule has 0 bridgehead atoms. The summed E-state index contributed by atoms with van der Waals surface area (Å²) in [4.78, 5) is 4.53. The van der Waals surface area contributed by atoms with E-state index in [9.17, 15) is 0 Å². The summed E-state index contributed by atoms with van der Waals surface area (Å²) in [6.07, 6.45) is 0. The number of amidine groups is 1. The first-order valence-corrected chi connectivity index (χ1v) is 7.15. The predicted octanol–water partition coefficient (Wildman–Crippen LogP) is 3.59. The molecule has 2 nitrogen and oxygen atoms in total. The fraction of sp³-hybridized carbons (Fsp3) is 0.417. The normalized spacial score (nSPS) is 21.7. The average molecular weight is 299 g/mol. The highest BCUT2D eigenvalue weighted by molar-refractivity contribution is 9.10. The highest BCUT2D eigenvalue weighted by Gasteiger charge is 2.15. The Labute approximate surface area is 109 Å². The fourth-order valence-corrected chi connectivity index (χ4v) is 2.83. The molecular weight excluding hydrogens is 284 g/mol. The molecule has 0 aliphatic carbocycles. The van der Waals surface area contributed by atoms with E-state index < -0.39 is 0 Å². The standard InChI is InChI=1S/C12H15BrN2S/c1-8-7-16-12(14-8)15-9(2)10-3-5-11(13)6-4-10/h3-6,8-9H,7H2,1-2H3,(H,14,15). The minimum Gasteiger partial charge on any atom is -0.358 e. The minimum absolute atomic E-state index is 0.310. The van der Waals surface area contributed by atoms with Gasteiger partial charge in [0.2, 0.25) is 0 Å². The van der Waals surface area contributed by atoms with Gasteiger partial charge in [-0.2, -0.15) is 0 Å². The lowest BCUT2D eigenvalue weighted by atomic mass is 10.1. The molecule has 0 aromatic heterocycles. The lowest BCUT2D eigenvalue weighted by Crippen LogP contribution is -2.22. The van der Waals surface area contributed by atoms with Crippen LogP contribution in [-0.2, 0) is 0 Å². The van der Waals surface area contributed by atoms with Crippen LogP contribution in [0, 0.1) is 0 Å². The van der Waals surface area contributed by atoms with Gasteiger partial charge >= 0.3 is 0 Å². The van der Waals surface area contributed by atoms with Crippen LogP contribution < -0.4 is 5.32 Å². The zero-order chi connectivity index (χ0) is 11.5. The van der Waals surface area contributed by atoms with Crippen LogP contribution in [0.1, 0.15) is 25.5 Å². The molecule has 2 atom stereocenters. The van der Waals surface area contributed by atoms with Crippen LogP contribution in [0.15, 0.2) is 33.7 Å². The third-order valence-electron chi connectivity index (χ3n) is 2.51. The van der Waals surface area contributed by atoms with Gasteiger partial charge in [0.25, 0.3) is 0 Å². The van der Waals surface area contributed by atoms with E-state index in [1.165, 1.54) is 5.56 Å². The number of benzene rings is 1. The molecule has 86 valence electrons. The van der Waals surface area contributed by atoms with Gasteiger partial charge in [-0.15, -0.1) is 0 Å². The van der Waals surface area contributed by atoms with Gasteiger partial charge in [0.05, 0.1) is 12.1 Å². The van der Waals surface area contributed by atoms with Crippen molar-refractivity contribution in [2.75, 3.05) is 5.75 Å². The zero-order valence-corrected chi connectivity index (χ0v) is 11.8. The molecule has 0 saturated heterocycles. The molecule has 0 radical (unpaired) electrons. The molecule has 1 heterocycles. The molecule has 1 aromatic rings. The maximum Gasteiger partial charge on any atom is 0.157 e. The van der Waals surface area contributed by atoms with E-state index in [0.29, 0.717) is 12.1 Å². The van der Waals surface area contributed by atoms with E-state index in [1.54, 1.807) is 11.8 Å². The van der Waals surface area contributed by atoms with Crippen LogP contribution in [0.4, 0.5) is 0 Å². The molecular formula is C12H15BrN2S. The summed E-state index contributed by atoms with van der Waals surface area (Å²) in [6.45, 7) is 4.31.